The monoisotopic (exact) mass is 247 g/mol. The highest BCUT2D eigenvalue weighted by Crippen LogP contribution is 2.25. The molecule has 0 saturated carbocycles. The predicted octanol–water partition coefficient (Wildman–Crippen LogP) is 3.43. The Balaban J connectivity index is 2.68. The van der Waals surface area contributed by atoms with E-state index in [-0.39, 0.29) is 5.41 Å². The van der Waals surface area contributed by atoms with E-state index in [4.69, 9.17) is 4.74 Å². The van der Waals surface area contributed by atoms with Gasteiger partial charge in [-0.25, -0.2) is 0 Å². The fraction of sp³-hybridized carbons (Fsp3) is 0.500. The van der Waals surface area contributed by atoms with Crippen molar-refractivity contribution in [1.29, 1.82) is 0 Å². The summed E-state index contributed by atoms with van der Waals surface area (Å²) in [6, 6.07) is 8.26. The van der Waals surface area contributed by atoms with Crippen molar-refractivity contribution >= 4 is 0 Å². The Hall–Kier alpha value is -1.28. The molecule has 0 amide bonds. The molecule has 0 saturated heterocycles. The Labute approximate surface area is 111 Å². The normalized spacial score (nSPS) is 13.9. The van der Waals surface area contributed by atoms with Gasteiger partial charge in [0.2, 0.25) is 0 Å². The quantitative estimate of drug-likeness (QED) is 0.561. The van der Waals surface area contributed by atoms with E-state index in [0.29, 0.717) is 0 Å². The number of benzene rings is 1. The topological polar surface area (TPSA) is 21.3 Å². The molecule has 0 radical (unpaired) electrons. The Bertz CT molecular complexity index is 375. The number of hydrogen-bond acceptors (Lipinski definition) is 2. The predicted molar refractivity (Wildman–Crippen MR) is 78.2 cm³/mol. The molecule has 1 aromatic carbocycles. The van der Waals surface area contributed by atoms with Crippen LogP contribution in [0.5, 0.6) is 5.75 Å². The van der Waals surface area contributed by atoms with E-state index >= 15 is 0 Å². The maximum absolute atomic E-state index is 5.26. The molecule has 100 valence electrons. The van der Waals surface area contributed by atoms with Gasteiger partial charge in [-0.05, 0) is 37.1 Å². The second-order valence-electron chi connectivity index (χ2n) is 5.06. The van der Waals surface area contributed by atoms with Gasteiger partial charge in [-0.3, -0.25) is 0 Å². The van der Waals surface area contributed by atoms with Gasteiger partial charge in [0.15, 0.2) is 0 Å². The van der Waals surface area contributed by atoms with Crippen LogP contribution in [-0.4, -0.2) is 20.2 Å². The van der Waals surface area contributed by atoms with Gasteiger partial charge >= 0.3 is 0 Å². The number of rotatable bonds is 8. The van der Waals surface area contributed by atoms with Crippen LogP contribution in [0.3, 0.4) is 0 Å². The van der Waals surface area contributed by atoms with Gasteiger partial charge in [-0.15, -0.1) is 6.58 Å². The SMILES string of the molecule is C=CC(C)(CNCCC)Cc1cccc(OC)c1. The summed E-state index contributed by atoms with van der Waals surface area (Å²) in [6.07, 6.45) is 4.19. The molecule has 0 aliphatic rings. The molecule has 2 nitrogen and oxygen atoms in total. The number of ether oxygens (including phenoxy) is 1. The van der Waals surface area contributed by atoms with Crippen LogP contribution < -0.4 is 10.1 Å². The number of methoxy groups -OCH3 is 1. The summed E-state index contributed by atoms with van der Waals surface area (Å²) >= 11 is 0. The van der Waals surface area contributed by atoms with E-state index in [2.05, 4.69) is 44.0 Å². The fourth-order valence-corrected chi connectivity index (χ4v) is 2.01. The lowest BCUT2D eigenvalue weighted by molar-refractivity contribution is 0.388. The van der Waals surface area contributed by atoms with Crippen molar-refractivity contribution < 1.29 is 4.74 Å². The van der Waals surface area contributed by atoms with Crippen molar-refractivity contribution in [2.24, 2.45) is 5.41 Å². The smallest absolute Gasteiger partial charge is 0.119 e. The van der Waals surface area contributed by atoms with Crippen molar-refractivity contribution in [3.05, 3.63) is 42.5 Å². The van der Waals surface area contributed by atoms with Crippen LogP contribution >= 0.6 is 0 Å². The molecule has 1 N–H and O–H groups in total. The highest BCUT2D eigenvalue weighted by molar-refractivity contribution is 5.29. The standard InChI is InChI=1S/C16H25NO/c1-5-10-17-13-16(3,6-2)12-14-8-7-9-15(11-14)18-4/h6-9,11,17H,2,5,10,12-13H2,1,3-4H3. The molecule has 1 atom stereocenters. The largest absolute Gasteiger partial charge is 0.497 e. The molecule has 2 heteroatoms. The highest BCUT2D eigenvalue weighted by Gasteiger charge is 2.20. The van der Waals surface area contributed by atoms with Gasteiger partial charge in [0.1, 0.15) is 5.75 Å². The summed E-state index contributed by atoms with van der Waals surface area (Å²) in [7, 11) is 1.70. The summed E-state index contributed by atoms with van der Waals surface area (Å²) in [6.45, 7) is 10.4. The zero-order chi connectivity index (χ0) is 13.4. The maximum atomic E-state index is 5.26. The van der Waals surface area contributed by atoms with Crippen LogP contribution in [0.1, 0.15) is 25.8 Å². The third-order valence-corrected chi connectivity index (χ3v) is 3.19. The highest BCUT2D eigenvalue weighted by atomic mass is 16.5. The Morgan fingerprint density at radius 3 is 2.83 bits per heavy atom. The molecule has 1 rings (SSSR count). The summed E-state index contributed by atoms with van der Waals surface area (Å²) in [4.78, 5) is 0. The van der Waals surface area contributed by atoms with Crippen LogP contribution in [-0.2, 0) is 6.42 Å². The minimum absolute atomic E-state index is 0.0849. The molecule has 0 aliphatic carbocycles. The molecule has 0 fully saturated rings. The van der Waals surface area contributed by atoms with Crippen molar-refractivity contribution in [3.8, 4) is 5.75 Å². The van der Waals surface area contributed by atoms with Crippen LogP contribution in [0.25, 0.3) is 0 Å². The van der Waals surface area contributed by atoms with E-state index in [1.807, 2.05) is 12.1 Å². The summed E-state index contributed by atoms with van der Waals surface area (Å²) in [5, 5.41) is 3.47. The third kappa shape index (κ3) is 4.53. The molecule has 0 aliphatic heterocycles. The van der Waals surface area contributed by atoms with Gasteiger partial charge in [-0.1, -0.05) is 32.1 Å². The lowest BCUT2D eigenvalue weighted by Gasteiger charge is -2.26. The van der Waals surface area contributed by atoms with Gasteiger partial charge in [0.25, 0.3) is 0 Å². The Morgan fingerprint density at radius 2 is 2.22 bits per heavy atom. The lowest BCUT2D eigenvalue weighted by atomic mass is 9.83. The van der Waals surface area contributed by atoms with Gasteiger partial charge < -0.3 is 10.1 Å². The second kappa shape index (κ2) is 7.22. The van der Waals surface area contributed by atoms with Crippen molar-refractivity contribution in [2.75, 3.05) is 20.2 Å². The minimum atomic E-state index is 0.0849. The first-order valence-corrected chi connectivity index (χ1v) is 6.61. The maximum Gasteiger partial charge on any atom is 0.119 e. The van der Waals surface area contributed by atoms with Crippen LogP contribution in [0, 0.1) is 5.41 Å². The molecular formula is C16H25NO. The summed E-state index contributed by atoms with van der Waals surface area (Å²) in [5.74, 6) is 0.917. The van der Waals surface area contributed by atoms with E-state index < -0.39 is 0 Å². The number of nitrogens with one attached hydrogen (secondary N) is 1. The average molecular weight is 247 g/mol. The van der Waals surface area contributed by atoms with Gasteiger partial charge in [0.05, 0.1) is 7.11 Å². The zero-order valence-electron chi connectivity index (χ0n) is 11.8. The second-order valence-corrected chi connectivity index (χ2v) is 5.06. The average Bonchev–Trinajstić information content (AvgIpc) is 2.39. The first kappa shape index (κ1) is 14.8. The first-order chi connectivity index (χ1) is 8.63. The molecule has 0 bridgehead atoms. The van der Waals surface area contributed by atoms with Crippen LogP contribution in [0.2, 0.25) is 0 Å². The van der Waals surface area contributed by atoms with Crippen molar-refractivity contribution in [2.45, 2.75) is 26.7 Å². The minimum Gasteiger partial charge on any atom is -0.497 e. The molecule has 0 heterocycles. The van der Waals surface area contributed by atoms with E-state index in [1.165, 1.54) is 5.56 Å². The van der Waals surface area contributed by atoms with Crippen molar-refractivity contribution in [1.82, 2.24) is 5.32 Å². The van der Waals surface area contributed by atoms with E-state index in [1.54, 1.807) is 7.11 Å². The van der Waals surface area contributed by atoms with E-state index in [0.717, 1.165) is 31.7 Å². The molecule has 0 aromatic heterocycles. The Kier molecular flexibility index (Phi) is 5.93. The van der Waals surface area contributed by atoms with E-state index in [9.17, 15) is 0 Å². The number of hydrogen-bond donors (Lipinski definition) is 1. The molecular weight excluding hydrogens is 222 g/mol. The fourth-order valence-electron chi connectivity index (χ4n) is 2.01. The summed E-state index contributed by atoms with van der Waals surface area (Å²) in [5.41, 5.74) is 1.37. The Morgan fingerprint density at radius 1 is 1.44 bits per heavy atom. The van der Waals surface area contributed by atoms with Gasteiger partial charge in [0, 0.05) is 12.0 Å². The third-order valence-electron chi connectivity index (χ3n) is 3.19. The van der Waals surface area contributed by atoms with Crippen LogP contribution in [0.15, 0.2) is 36.9 Å². The lowest BCUT2D eigenvalue weighted by Crippen LogP contribution is -2.32. The van der Waals surface area contributed by atoms with Gasteiger partial charge in [-0.2, -0.15) is 0 Å². The van der Waals surface area contributed by atoms with Crippen molar-refractivity contribution in [3.63, 3.8) is 0 Å². The molecule has 18 heavy (non-hydrogen) atoms. The molecule has 1 unspecified atom stereocenters. The molecule has 1 aromatic rings. The van der Waals surface area contributed by atoms with Crippen LogP contribution in [0.4, 0.5) is 0 Å². The summed E-state index contributed by atoms with van der Waals surface area (Å²) < 4.78 is 5.26. The zero-order valence-corrected chi connectivity index (χ0v) is 11.8. The first-order valence-electron chi connectivity index (χ1n) is 6.61. The molecule has 0 spiro atoms.